The summed E-state index contributed by atoms with van der Waals surface area (Å²) >= 11 is 0. The number of rotatable bonds is 16. The summed E-state index contributed by atoms with van der Waals surface area (Å²) < 4.78 is 46.0. The van der Waals surface area contributed by atoms with Gasteiger partial charge in [-0.05, 0) is 31.4 Å². The Hall–Kier alpha value is -2.05. The molecule has 1 aromatic rings. The topological polar surface area (TPSA) is 46.6 Å². The molecule has 1 atom stereocenters. The standard InChI is InChI=1S/C27H40F3NO3/c1-2-3-4-5-6-7-8-9-10-11-12-13-14-20-34-27(33)23-16-15-19-31(23)26(32)21-17-18-22(28)25(30)24(21)29/h17-18,23H,2-16,19-20H2,1H3. The lowest BCUT2D eigenvalue weighted by molar-refractivity contribution is -0.148. The van der Waals surface area contributed by atoms with Gasteiger partial charge in [-0.15, -0.1) is 0 Å². The van der Waals surface area contributed by atoms with E-state index in [9.17, 15) is 22.8 Å². The summed E-state index contributed by atoms with van der Waals surface area (Å²) in [4.78, 5) is 26.3. The minimum absolute atomic E-state index is 0.246. The van der Waals surface area contributed by atoms with Gasteiger partial charge >= 0.3 is 5.97 Å². The molecule has 0 radical (unpaired) electrons. The second-order valence-corrected chi connectivity index (χ2v) is 9.29. The van der Waals surface area contributed by atoms with E-state index < -0.39 is 40.9 Å². The van der Waals surface area contributed by atoms with Crippen molar-refractivity contribution in [1.29, 1.82) is 0 Å². The number of esters is 1. The van der Waals surface area contributed by atoms with Crippen LogP contribution in [0.5, 0.6) is 0 Å². The number of hydrogen-bond acceptors (Lipinski definition) is 3. The predicted octanol–water partition coefficient (Wildman–Crippen LogP) is 7.34. The number of likely N-dealkylation sites (tertiary alicyclic amines) is 1. The van der Waals surface area contributed by atoms with Crippen molar-refractivity contribution < 1.29 is 27.5 Å². The Labute approximate surface area is 202 Å². The number of halogens is 3. The summed E-state index contributed by atoms with van der Waals surface area (Å²) in [7, 11) is 0. The maximum atomic E-state index is 14.0. The number of carbonyl (C=O) groups excluding carboxylic acids is 2. The molecule has 34 heavy (non-hydrogen) atoms. The van der Waals surface area contributed by atoms with Gasteiger partial charge in [0.15, 0.2) is 17.5 Å². The Balaban J connectivity index is 1.59. The molecule has 192 valence electrons. The Morgan fingerprint density at radius 3 is 2.00 bits per heavy atom. The van der Waals surface area contributed by atoms with Gasteiger partial charge in [-0.1, -0.05) is 84.0 Å². The average Bonchev–Trinajstić information content (AvgIpc) is 3.32. The Morgan fingerprint density at radius 1 is 0.853 bits per heavy atom. The number of amides is 1. The number of carbonyl (C=O) groups is 2. The molecule has 1 saturated heterocycles. The van der Waals surface area contributed by atoms with E-state index in [-0.39, 0.29) is 13.2 Å². The second-order valence-electron chi connectivity index (χ2n) is 9.29. The van der Waals surface area contributed by atoms with Crippen molar-refractivity contribution in [3.8, 4) is 0 Å². The van der Waals surface area contributed by atoms with Crippen LogP contribution >= 0.6 is 0 Å². The van der Waals surface area contributed by atoms with Gasteiger partial charge in [0, 0.05) is 6.54 Å². The minimum atomic E-state index is -1.69. The third-order valence-electron chi connectivity index (χ3n) is 6.54. The SMILES string of the molecule is CCCCCCCCCCCCCCCOC(=O)C1CCCN1C(=O)c1ccc(F)c(F)c1F. The van der Waals surface area contributed by atoms with Gasteiger partial charge in [-0.2, -0.15) is 0 Å². The first-order valence-electron chi connectivity index (χ1n) is 13.1. The second kappa shape index (κ2) is 15.8. The highest BCUT2D eigenvalue weighted by molar-refractivity contribution is 5.97. The summed E-state index contributed by atoms with van der Waals surface area (Å²) in [5.41, 5.74) is -0.574. The van der Waals surface area contributed by atoms with E-state index in [2.05, 4.69) is 6.92 Å². The molecule has 1 unspecified atom stereocenters. The molecular formula is C27H40F3NO3. The molecule has 0 saturated carbocycles. The smallest absolute Gasteiger partial charge is 0.328 e. The zero-order valence-corrected chi connectivity index (χ0v) is 20.6. The first kappa shape index (κ1) is 28.2. The van der Waals surface area contributed by atoms with Crippen molar-refractivity contribution >= 4 is 11.9 Å². The first-order chi connectivity index (χ1) is 16.5. The van der Waals surface area contributed by atoms with Gasteiger partial charge in [0.2, 0.25) is 0 Å². The van der Waals surface area contributed by atoms with Crippen LogP contribution in [0.1, 0.15) is 114 Å². The van der Waals surface area contributed by atoms with Gasteiger partial charge in [-0.3, -0.25) is 4.79 Å². The van der Waals surface area contributed by atoms with Crippen LogP contribution in [0.3, 0.4) is 0 Å². The van der Waals surface area contributed by atoms with Crippen molar-refractivity contribution in [2.24, 2.45) is 0 Å². The summed E-state index contributed by atoms with van der Waals surface area (Å²) in [6, 6.07) is 0.802. The first-order valence-corrected chi connectivity index (χ1v) is 13.1. The molecule has 0 aromatic heterocycles. The fourth-order valence-corrected chi connectivity index (χ4v) is 4.49. The van der Waals surface area contributed by atoms with E-state index in [1.165, 1.54) is 69.1 Å². The Bertz CT molecular complexity index is 772. The van der Waals surface area contributed by atoms with Gasteiger partial charge in [-0.25, -0.2) is 18.0 Å². The molecule has 4 nitrogen and oxygen atoms in total. The van der Waals surface area contributed by atoms with Crippen molar-refractivity contribution in [2.75, 3.05) is 13.2 Å². The zero-order chi connectivity index (χ0) is 24.8. The van der Waals surface area contributed by atoms with Crippen LogP contribution in [0.2, 0.25) is 0 Å². The van der Waals surface area contributed by atoms with E-state index in [0.717, 1.165) is 25.3 Å². The monoisotopic (exact) mass is 483 g/mol. The van der Waals surface area contributed by atoms with E-state index in [4.69, 9.17) is 4.74 Å². The lowest BCUT2D eigenvalue weighted by Crippen LogP contribution is -2.42. The Kier molecular flexibility index (Phi) is 13.1. The van der Waals surface area contributed by atoms with Crippen LogP contribution in [-0.4, -0.2) is 36.0 Å². The summed E-state index contributed by atoms with van der Waals surface area (Å²) in [6.45, 7) is 2.77. The maximum absolute atomic E-state index is 14.0. The van der Waals surface area contributed by atoms with Crippen molar-refractivity contribution in [2.45, 2.75) is 109 Å². The number of nitrogens with zero attached hydrogens (tertiary/aromatic N) is 1. The average molecular weight is 484 g/mol. The van der Waals surface area contributed by atoms with E-state index >= 15 is 0 Å². The molecule has 7 heteroatoms. The van der Waals surface area contributed by atoms with Crippen LogP contribution in [0.25, 0.3) is 0 Å². The molecule has 1 aliphatic rings. The molecule has 1 amide bonds. The highest BCUT2D eigenvalue weighted by atomic mass is 19.2. The van der Waals surface area contributed by atoms with E-state index in [1.54, 1.807) is 0 Å². The molecule has 1 aliphatic heterocycles. The number of ether oxygens (including phenoxy) is 1. The highest BCUT2D eigenvalue weighted by Gasteiger charge is 2.37. The van der Waals surface area contributed by atoms with Crippen molar-refractivity contribution in [3.63, 3.8) is 0 Å². The van der Waals surface area contributed by atoms with Gasteiger partial charge < -0.3 is 9.64 Å². The van der Waals surface area contributed by atoms with Crippen molar-refractivity contribution in [3.05, 3.63) is 35.1 Å². The molecule has 0 aliphatic carbocycles. The molecule has 2 rings (SSSR count). The summed E-state index contributed by atoms with van der Waals surface area (Å²) in [5, 5.41) is 0. The maximum Gasteiger partial charge on any atom is 0.328 e. The number of hydrogen-bond donors (Lipinski definition) is 0. The summed E-state index contributed by atoms with van der Waals surface area (Å²) in [5.74, 6) is -5.92. The van der Waals surface area contributed by atoms with E-state index in [1.807, 2.05) is 0 Å². The lowest BCUT2D eigenvalue weighted by Gasteiger charge is -2.23. The molecule has 0 N–H and O–H groups in total. The molecular weight excluding hydrogens is 443 g/mol. The zero-order valence-electron chi connectivity index (χ0n) is 20.6. The largest absolute Gasteiger partial charge is 0.464 e. The third-order valence-corrected chi connectivity index (χ3v) is 6.54. The molecule has 1 fully saturated rings. The molecule has 1 aromatic carbocycles. The molecule has 0 bridgehead atoms. The van der Waals surface area contributed by atoms with Gasteiger partial charge in [0.05, 0.1) is 12.2 Å². The molecule has 1 heterocycles. The summed E-state index contributed by atoms with van der Waals surface area (Å²) in [6.07, 6.45) is 16.9. The van der Waals surface area contributed by atoms with E-state index in [0.29, 0.717) is 18.9 Å². The lowest BCUT2D eigenvalue weighted by atomic mass is 10.0. The third kappa shape index (κ3) is 8.95. The Morgan fingerprint density at radius 2 is 1.41 bits per heavy atom. The van der Waals surface area contributed by atoms with Gasteiger partial charge in [0.25, 0.3) is 5.91 Å². The van der Waals surface area contributed by atoms with Crippen LogP contribution in [0, 0.1) is 17.5 Å². The normalized spacial score (nSPS) is 15.6. The highest BCUT2D eigenvalue weighted by Crippen LogP contribution is 2.24. The van der Waals surface area contributed by atoms with Crippen LogP contribution in [0.4, 0.5) is 13.2 Å². The number of unbranched alkanes of at least 4 members (excludes halogenated alkanes) is 12. The van der Waals surface area contributed by atoms with Crippen LogP contribution < -0.4 is 0 Å². The predicted molar refractivity (Wildman–Crippen MR) is 127 cm³/mol. The molecule has 0 spiro atoms. The minimum Gasteiger partial charge on any atom is -0.464 e. The fraction of sp³-hybridized carbons (Fsp3) is 0.704. The fourth-order valence-electron chi connectivity index (χ4n) is 4.49. The van der Waals surface area contributed by atoms with Crippen LogP contribution in [0.15, 0.2) is 12.1 Å². The van der Waals surface area contributed by atoms with Crippen molar-refractivity contribution in [1.82, 2.24) is 4.90 Å². The quantitative estimate of drug-likeness (QED) is 0.140. The van der Waals surface area contributed by atoms with Crippen LogP contribution in [-0.2, 0) is 9.53 Å². The van der Waals surface area contributed by atoms with Gasteiger partial charge in [0.1, 0.15) is 6.04 Å². The number of benzene rings is 1.